The summed E-state index contributed by atoms with van der Waals surface area (Å²) in [6.07, 6.45) is 4.80. The standard InChI is InChI=1S/C23H29N7O5S/c1-12(23(34)35)28-21(32)19(7-14-9-25-11-27-14)30-22(33)18(29-20(31)16(24)10-36)6-13-8-26-17-5-3-2-4-15(13)17/h2-5,8-9,11-12,16,18-19,26,36H,6-7,10,24H2,1H3,(H,25,27)(H,28,32)(H,29,31)(H,30,33)(H,34,35). The Kier molecular flexibility index (Phi) is 9.08. The Bertz CT molecular complexity index is 1210. The Labute approximate surface area is 212 Å². The molecule has 0 bridgehead atoms. The van der Waals surface area contributed by atoms with Gasteiger partial charge in [0.15, 0.2) is 0 Å². The number of fused-ring (bicyclic) bond motifs is 1. The van der Waals surface area contributed by atoms with E-state index >= 15 is 0 Å². The number of aromatic amines is 2. The fraction of sp³-hybridized carbons (Fsp3) is 0.348. The SMILES string of the molecule is CC(NC(=O)C(Cc1cnc[nH]1)NC(=O)C(Cc1c[nH]c2ccccc12)NC(=O)C(N)CS)C(=O)O. The molecule has 2 heterocycles. The zero-order valence-corrected chi connectivity index (χ0v) is 20.4. The number of aromatic nitrogens is 3. The topological polar surface area (TPSA) is 195 Å². The number of para-hydroxylation sites is 1. The number of nitrogens with two attached hydrogens (primary N) is 1. The van der Waals surface area contributed by atoms with Crippen LogP contribution >= 0.6 is 12.6 Å². The molecule has 8 N–H and O–H groups in total. The number of aliphatic carboxylic acids is 1. The Morgan fingerprint density at radius 3 is 2.36 bits per heavy atom. The van der Waals surface area contributed by atoms with E-state index in [2.05, 4.69) is 43.5 Å². The highest BCUT2D eigenvalue weighted by atomic mass is 32.1. The van der Waals surface area contributed by atoms with Crippen LogP contribution in [0.4, 0.5) is 0 Å². The van der Waals surface area contributed by atoms with Gasteiger partial charge >= 0.3 is 5.97 Å². The van der Waals surface area contributed by atoms with Crippen molar-refractivity contribution in [1.29, 1.82) is 0 Å². The normalized spacial score (nSPS) is 14.4. The average Bonchev–Trinajstić information content (AvgIpc) is 3.52. The number of H-pyrrole nitrogens is 2. The van der Waals surface area contributed by atoms with Crippen LogP contribution < -0.4 is 21.7 Å². The molecule has 192 valence electrons. The lowest BCUT2D eigenvalue weighted by Crippen LogP contribution is -2.58. The van der Waals surface area contributed by atoms with Gasteiger partial charge in [0.2, 0.25) is 17.7 Å². The van der Waals surface area contributed by atoms with Crippen LogP contribution in [0.2, 0.25) is 0 Å². The summed E-state index contributed by atoms with van der Waals surface area (Å²) in [4.78, 5) is 59.9. The Morgan fingerprint density at radius 2 is 1.69 bits per heavy atom. The van der Waals surface area contributed by atoms with Gasteiger partial charge in [0.05, 0.1) is 12.4 Å². The van der Waals surface area contributed by atoms with Gasteiger partial charge in [-0.2, -0.15) is 12.6 Å². The second kappa shape index (κ2) is 12.2. The van der Waals surface area contributed by atoms with Gasteiger partial charge in [0, 0.05) is 47.6 Å². The molecule has 4 unspecified atom stereocenters. The molecule has 0 spiro atoms. The molecular weight excluding hydrogens is 486 g/mol. The van der Waals surface area contributed by atoms with E-state index in [0.29, 0.717) is 5.69 Å². The first kappa shape index (κ1) is 26.8. The molecule has 13 heteroatoms. The lowest BCUT2D eigenvalue weighted by Gasteiger charge is -2.24. The predicted octanol–water partition coefficient (Wildman–Crippen LogP) is -0.508. The van der Waals surface area contributed by atoms with Crippen molar-refractivity contribution >= 4 is 47.2 Å². The number of carbonyl (C=O) groups excluding carboxylic acids is 3. The van der Waals surface area contributed by atoms with E-state index in [0.717, 1.165) is 16.5 Å². The van der Waals surface area contributed by atoms with E-state index in [1.165, 1.54) is 19.4 Å². The monoisotopic (exact) mass is 515 g/mol. The number of carbonyl (C=O) groups is 4. The van der Waals surface area contributed by atoms with Gasteiger partial charge < -0.3 is 36.8 Å². The maximum Gasteiger partial charge on any atom is 0.325 e. The van der Waals surface area contributed by atoms with E-state index < -0.39 is 47.9 Å². The van der Waals surface area contributed by atoms with Crippen LogP contribution in [-0.4, -0.2) is 73.7 Å². The Hall–Kier alpha value is -3.84. The highest BCUT2D eigenvalue weighted by molar-refractivity contribution is 7.80. The lowest BCUT2D eigenvalue weighted by atomic mass is 10.0. The summed E-state index contributed by atoms with van der Waals surface area (Å²) in [7, 11) is 0. The van der Waals surface area contributed by atoms with Gasteiger partial charge in [-0.15, -0.1) is 0 Å². The van der Waals surface area contributed by atoms with Gasteiger partial charge in [-0.1, -0.05) is 18.2 Å². The summed E-state index contributed by atoms with van der Waals surface area (Å²) < 4.78 is 0. The van der Waals surface area contributed by atoms with Gasteiger partial charge in [0.1, 0.15) is 18.1 Å². The number of nitrogens with zero attached hydrogens (tertiary/aromatic N) is 1. The van der Waals surface area contributed by atoms with Crippen molar-refractivity contribution in [2.75, 3.05) is 5.75 Å². The highest BCUT2D eigenvalue weighted by Crippen LogP contribution is 2.19. The number of hydrogen-bond donors (Lipinski definition) is 8. The van der Waals surface area contributed by atoms with Crippen molar-refractivity contribution in [3.63, 3.8) is 0 Å². The van der Waals surface area contributed by atoms with Crippen LogP contribution in [0.3, 0.4) is 0 Å². The van der Waals surface area contributed by atoms with Crippen LogP contribution in [0.15, 0.2) is 43.0 Å². The molecule has 3 amide bonds. The van der Waals surface area contributed by atoms with Crippen LogP contribution in [0.1, 0.15) is 18.2 Å². The molecule has 0 aliphatic heterocycles. The number of benzene rings is 1. The molecule has 0 fully saturated rings. The molecule has 4 atom stereocenters. The van der Waals surface area contributed by atoms with Gasteiger partial charge in [0.25, 0.3) is 0 Å². The molecule has 3 aromatic rings. The number of amides is 3. The largest absolute Gasteiger partial charge is 0.480 e. The molecule has 12 nitrogen and oxygen atoms in total. The summed E-state index contributed by atoms with van der Waals surface area (Å²) in [6, 6.07) is 3.19. The number of carboxylic acids is 1. The zero-order valence-electron chi connectivity index (χ0n) is 19.5. The van der Waals surface area contributed by atoms with E-state index in [4.69, 9.17) is 10.8 Å². The van der Waals surface area contributed by atoms with E-state index in [1.54, 1.807) is 6.20 Å². The summed E-state index contributed by atoms with van der Waals surface area (Å²) in [5.74, 6) is -3.05. The predicted molar refractivity (Wildman–Crippen MR) is 135 cm³/mol. The smallest absolute Gasteiger partial charge is 0.325 e. The summed E-state index contributed by atoms with van der Waals surface area (Å²) in [5, 5.41) is 17.7. The van der Waals surface area contributed by atoms with Crippen LogP contribution in [0.5, 0.6) is 0 Å². The number of carboxylic acid groups (broad SMARTS) is 1. The molecule has 36 heavy (non-hydrogen) atoms. The molecule has 1 aromatic carbocycles. The Morgan fingerprint density at radius 1 is 1.03 bits per heavy atom. The quantitative estimate of drug-likeness (QED) is 0.149. The third-order valence-electron chi connectivity index (χ3n) is 5.61. The van der Waals surface area contributed by atoms with E-state index in [9.17, 15) is 19.2 Å². The third-order valence-corrected chi connectivity index (χ3v) is 6.00. The first-order valence-electron chi connectivity index (χ1n) is 11.2. The van der Waals surface area contributed by atoms with Crippen molar-refractivity contribution < 1.29 is 24.3 Å². The first-order valence-corrected chi connectivity index (χ1v) is 11.9. The second-order valence-corrected chi connectivity index (χ2v) is 8.69. The molecule has 0 radical (unpaired) electrons. The highest BCUT2D eigenvalue weighted by Gasteiger charge is 2.30. The second-order valence-electron chi connectivity index (χ2n) is 8.32. The molecule has 3 rings (SSSR count). The molecule has 0 saturated carbocycles. The summed E-state index contributed by atoms with van der Waals surface area (Å²) >= 11 is 4.04. The van der Waals surface area contributed by atoms with Crippen molar-refractivity contribution in [1.82, 2.24) is 30.9 Å². The summed E-state index contributed by atoms with van der Waals surface area (Å²) in [5.41, 5.74) is 7.99. The lowest BCUT2D eigenvalue weighted by molar-refractivity contribution is -0.141. The minimum atomic E-state index is -1.22. The van der Waals surface area contributed by atoms with E-state index in [-0.39, 0.29) is 18.6 Å². The summed E-state index contributed by atoms with van der Waals surface area (Å²) in [6.45, 7) is 1.31. The molecule has 0 aliphatic carbocycles. The number of nitrogens with one attached hydrogen (secondary N) is 5. The molecule has 2 aromatic heterocycles. The van der Waals surface area contributed by atoms with Gasteiger partial charge in [-0.05, 0) is 18.6 Å². The van der Waals surface area contributed by atoms with Gasteiger partial charge in [-0.3, -0.25) is 19.2 Å². The van der Waals surface area contributed by atoms with Gasteiger partial charge in [-0.25, -0.2) is 4.98 Å². The average molecular weight is 516 g/mol. The fourth-order valence-electron chi connectivity index (χ4n) is 3.56. The van der Waals surface area contributed by atoms with E-state index in [1.807, 2.05) is 24.3 Å². The number of imidazole rings is 1. The maximum absolute atomic E-state index is 13.4. The van der Waals surface area contributed by atoms with Crippen LogP contribution in [-0.2, 0) is 32.0 Å². The van der Waals surface area contributed by atoms with Crippen molar-refractivity contribution in [2.45, 2.75) is 43.9 Å². The Balaban J connectivity index is 1.84. The molecular formula is C23H29N7O5S. The van der Waals surface area contributed by atoms with Crippen molar-refractivity contribution in [3.05, 3.63) is 54.2 Å². The van der Waals surface area contributed by atoms with Crippen molar-refractivity contribution in [3.8, 4) is 0 Å². The minimum Gasteiger partial charge on any atom is -0.480 e. The first-order chi connectivity index (χ1) is 17.2. The zero-order chi connectivity index (χ0) is 26.2. The number of thiol groups is 1. The minimum absolute atomic E-state index is 0.0216. The maximum atomic E-state index is 13.4. The molecule has 0 saturated heterocycles. The van der Waals surface area contributed by atoms with Crippen LogP contribution in [0.25, 0.3) is 10.9 Å². The number of rotatable bonds is 12. The van der Waals surface area contributed by atoms with Crippen molar-refractivity contribution in [2.24, 2.45) is 5.73 Å². The number of hydrogen-bond acceptors (Lipinski definition) is 7. The fourth-order valence-corrected chi connectivity index (χ4v) is 3.73. The van der Waals surface area contributed by atoms with Crippen LogP contribution in [0, 0.1) is 0 Å². The third kappa shape index (κ3) is 6.86. The molecule has 0 aliphatic rings.